The van der Waals surface area contributed by atoms with E-state index in [-0.39, 0.29) is 12.3 Å². The number of benzene rings is 1. The molecule has 0 heterocycles. The average Bonchev–Trinajstić information content (AvgIpc) is 2.84. The first-order valence-electron chi connectivity index (χ1n) is 12.5. The molecule has 0 aromatic heterocycles. The molecule has 0 bridgehead atoms. The fraction of sp³-hybridized carbons (Fsp3) is 0.615. The Balaban J connectivity index is 3.34. The maximum absolute atomic E-state index is 13.7. The quantitative estimate of drug-likeness (QED) is 0.214. The summed E-state index contributed by atoms with van der Waals surface area (Å²) in [4.78, 5) is 52.2. The van der Waals surface area contributed by atoms with Crippen molar-refractivity contribution >= 4 is 23.9 Å². The molecule has 0 aliphatic rings. The molecule has 0 aliphatic heterocycles. The molecule has 1 rings (SSSR count). The van der Waals surface area contributed by atoms with Gasteiger partial charge in [0.15, 0.2) is 0 Å². The molecule has 3 amide bonds. The number of aromatic hydroxyl groups is 1. The number of alkyl carbamates (subject to hydrolysis) is 1. The number of rotatable bonds is 14. The second-order valence-corrected chi connectivity index (χ2v) is 9.62. The highest BCUT2D eigenvalue weighted by molar-refractivity contribution is 5.93. The molecule has 0 aliphatic carbocycles. The van der Waals surface area contributed by atoms with Gasteiger partial charge in [0, 0.05) is 6.54 Å². The zero-order chi connectivity index (χ0) is 28.0. The predicted molar refractivity (Wildman–Crippen MR) is 137 cm³/mol. The molecule has 11 heteroatoms. The molecule has 37 heavy (non-hydrogen) atoms. The lowest BCUT2D eigenvalue weighted by atomic mass is 10.0. The number of unbranched alkanes of at least 4 members (excludes halogenated alkanes) is 4. The number of amides is 3. The highest BCUT2D eigenvalue weighted by Crippen LogP contribution is 2.25. The third kappa shape index (κ3) is 11.5. The van der Waals surface area contributed by atoms with Gasteiger partial charge in [-0.2, -0.15) is 0 Å². The van der Waals surface area contributed by atoms with Gasteiger partial charge < -0.3 is 35.2 Å². The maximum atomic E-state index is 13.7. The summed E-state index contributed by atoms with van der Waals surface area (Å²) in [5, 5.41) is 24.6. The minimum absolute atomic E-state index is 0.0326. The molecule has 0 saturated carbocycles. The second-order valence-electron chi connectivity index (χ2n) is 9.62. The lowest BCUT2D eigenvalue weighted by Crippen LogP contribution is -2.54. The minimum atomic E-state index is -1.38. The molecular formula is C26H41N3O8. The van der Waals surface area contributed by atoms with Crippen molar-refractivity contribution in [2.45, 2.75) is 77.5 Å². The van der Waals surface area contributed by atoms with E-state index in [0.717, 1.165) is 25.7 Å². The van der Waals surface area contributed by atoms with Crippen LogP contribution in [0.3, 0.4) is 0 Å². The van der Waals surface area contributed by atoms with Crippen molar-refractivity contribution in [2.75, 3.05) is 26.8 Å². The number of hydrogen-bond acceptors (Lipinski definition) is 8. The average molecular weight is 524 g/mol. The van der Waals surface area contributed by atoms with E-state index in [1.54, 1.807) is 20.8 Å². The van der Waals surface area contributed by atoms with Crippen LogP contribution in [0, 0.1) is 0 Å². The minimum Gasteiger partial charge on any atom is -0.508 e. The van der Waals surface area contributed by atoms with Gasteiger partial charge in [-0.25, -0.2) is 4.79 Å². The summed E-state index contributed by atoms with van der Waals surface area (Å²) in [6, 6.07) is 3.15. The summed E-state index contributed by atoms with van der Waals surface area (Å²) in [5.74, 6) is -2.06. The summed E-state index contributed by atoms with van der Waals surface area (Å²) < 4.78 is 9.81. The molecule has 4 N–H and O–H groups in total. The fourth-order valence-electron chi connectivity index (χ4n) is 3.55. The number of aliphatic hydroxyl groups excluding tert-OH is 1. The Bertz CT molecular complexity index is 883. The number of nitrogens with zero attached hydrogens (tertiary/aromatic N) is 1. The molecular weight excluding hydrogens is 482 g/mol. The predicted octanol–water partition coefficient (Wildman–Crippen LogP) is 2.41. The molecule has 0 fully saturated rings. The van der Waals surface area contributed by atoms with Crippen LogP contribution in [0.25, 0.3) is 0 Å². The van der Waals surface area contributed by atoms with Crippen LogP contribution in [-0.2, 0) is 23.9 Å². The van der Waals surface area contributed by atoms with Crippen molar-refractivity contribution in [2.24, 2.45) is 0 Å². The molecule has 2 atom stereocenters. The van der Waals surface area contributed by atoms with Gasteiger partial charge in [0.2, 0.25) is 11.8 Å². The van der Waals surface area contributed by atoms with Gasteiger partial charge in [-0.05, 0) is 44.9 Å². The van der Waals surface area contributed by atoms with E-state index in [4.69, 9.17) is 4.74 Å². The van der Waals surface area contributed by atoms with Crippen molar-refractivity contribution < 1.29 is 38.9 Å². The van der Waals surface area contributed by atoms with Gasteiger partial charge in [0.05, 0.1) is 13.7 Å². The first kappa shape index (κ1) is 31.7. The van der Waals surface area contributed by atoms with Crippen molar-refractivity contribution in [3.63, 3.8) is 0 Å². The van der Waals surface area contributed by atoms with Crippen LogP contribution in [-0.4, -0.2) is 77.4 Å². The first-order chi connectivity index (χ1) is 17.4. The van der Waals surface area contributed by atoms with Gasteiger partial charge >= 0.3 is 12.1 Å². The van der Waals surface area contributed by atoms with Crippen LogP contribution in [0.2, 0.25) is 0 Å². The SMILES string of the molecule is CCCCCCCN(C(=O)C(CO)NC(=O)OC(C)(C)C)C(C(=O)NCC(=O)OC)c1ccc(O)cc1. The number of aliphatic hydroxyl groups is 1. The standard InChI is InChI=1S/C26H41N3O8/c1-6-7-8-9-10-15-29(24(34)20(17-30)28-25(35)37-26(2,3)4)22(18-11-13-19(31)14-12-18)23(33)27-16-21(32)36-5/h11-14,20,22,30-31H,6-10,15-17H2,1-5H3,(H,27,33)(H,28,35). The number of methoxy groups -OCH3 is 1. The largest absolute Gasteiger partial charge is 0.508 e. The monoisotopic (exact) mass is 523 g/mol. The summed E-state index contributed by atoms with van der Waals surface area (Å²) >= 11 is 0. The number of hydrogen-bond donors (Lipinski definition) is 4. The lowest BCUT2D eigenvalue weighted by molar-refractivity contribution is -0.145. The second kappa shape index (κ2) is 15.7. The van der Waals surface area contributed by atoms with E-state index in [0.29, 0.717) is 12.0 Å². The summed E-state index contributed by atoms with van der Waals surface area (Å²) in [7, 11) is 1.19. The highest BCUT2D eigenvalue weighted by Gasteiger charge is 2.36. The van der Waals surface area contributed by atoms with Crippen molar-refractivity contribution in [1.82, 2.24) is 15.5 Å². The molecule has 11 nitrogen and oxygen atoms in total. The van der Waals surface area contributed by atoms with Gasteiger partial charge in [-0.15, -0.1) is 0 Å². The smallest absolute Gasteiger partial charge is 0.408 e. The molecule has 1 aromatic rings. The number of phenols is 1. The maximum Gasteiger partial charge on any atom is 0.408 e. The summed E-state index contributed by atoms with van der Waals surface area (Å²) in [6.45, 7) is 6.08. The van der Waals surface area contributed by atoms with Crippen LogP contribution >= 0.6 is 0 Å². The van der Waals surface area contributed by atoms with Crippen LogP contribution in [0.1, 0.15) is 71.4 Å². The number of carbonyl (C=O) groups is 4. The van der Waals surface area contributed by atoms with Crippen LogP contribution in [0.15, 0.2) is 24.3 Å². The van der Waals surface area contributed by atoms with E-state index >= 15 is 0 Å². The molecule has 0 spiro atoms. The van der Waals surface area contributed by atoms with Crippen LogP contribution in [0.5, 0.6) is 5.75 Å². The Labute approximate surface area is 218 Å². The topological polar surface area (TPSA) is 154 Å². The Kier molecular flexibility index (Phi) is 13.4. The Morgan fingerprint density at radius 3 is 2.19 bits per heavy atom. The number of esters is 1. The summed E-state index contributed by atoms with van der Waals surface area (Å²) in [5.41, 5.74) is -0.454. The molecule has 1 aromatic carbocycles. The van der Waals surface area contributed by atoms with E-state index in [9.17, 15) is 29.4 Å². The van der Waals surface area contributed by atoms with E-state index in [1.165, 1.54) is 36.3 Å². The van der Waals surface area contributed by atoms with Gasteiger partial charge in [-0.1, -0.05) is 44.7 Å². The molecule has 2 unspecified atom stereocenters. The number of ether oxygens (including phenoxy) is 2. The van der Waals surface area contributed by atoms with Crippen LogP contribution < -0.4 is 10.6 Å². The lowest BCUT2D eigenvalue weighted by Gasteiger charge is -2.34. The normalized spacial score (nSPS) is 12.7. The van der Waals surface area contributed by atoms with Crippen molar-refractivity contribution in [3.8, 4) is 5.75 Å². The Hall–Kier alpha value is -3.34. The van der Waals surface area contributed by atoms with Crippen molar-refractivity contribution in [3.05, 3.63) is 29.8 Å². The third-order valence-electron chi connectivity index (χ3n) is 5.36. The molecule has 0 radical (unpaired) electrons. The highest BCUT2D eigenvalue weighted by atomic mass is 16.6. The molecule has 208 valence electrons. The van der Waals surface area contributed by atoms with Crippen molar-refractivity contribution in [1.29, 1.82) is 0 Å². The zero-order valence-electron chi connectivity index (χ0n) is 22.4. The zero-order valence-corrected chi connectivity index (χ0v) is 22.4. The first-order valence-corrected chi connectivity index (χ1v) is 12.5. The van der Waals surface area contributed by atoms with Gasteiger partial charge in [0.1, 0.15) is 30.0 Å². The fourth-order valence-corrected chi connectivity index (χ4v) is 3.55. The Morgan fingerprint density at radius 2 is 1.65 bits per heavy atom. The number of carbonyl (C=O) groups excluding carboxylic acids is 4. The number of nitrogens with one attached hydrogen (secondary N) is 2. The summed E-state index contributed by atoms with van der Waals surface area (Å²) in [6.07, 6.45) is 3.47. The van der Waals surface area contributed by atoms with Crippen LogP contribution in [0.4, 0.5) is 4.79 Å². The van der Waals surface area contributed by atoms with E-state index in [2.05, 4.69) is 22.3 Å². The number of phenolic OH excluding ortho intramolecular Hbond substituents is 1. The van der Waals surface area contributed by atoms with E-state index in [1.807, 2.05) is 0 Å². The molecule has 0 saturated heterocycles. The van der Waals surface area contributed by atoms with Gasteiger partial charge in [-0.3, -0.25) is 14.4 Å². The van der Waals surface area contributed by atoms with E-state index < -0.39 is 54.7 Å². The van der Waals surface area contributed by atoms with Gasteiger partial charge in [0.25, 0.3) is 0 Å². The third-order valence-corrected chi connectivity index (χ3v) is 5.36. The Morgan fingerprint density at radius 1 is 1.03 bits per heavy atom.